The van der Waals surface area contributed by atoms with Crippen LogP contribution in [0.4, 0.5) is 26.3 Å². The van der Waals surface area contributed by atoms with E-state index in [-0.39, 0.29) is 29.8 Å². The molecular weight excluding hydrogens is 598 g/mol. The molecule has 0 amide bonds. The lowest BCUT2D eigenvalue weighted by molar-refractivity contribution is -0.143. The van der Waals surface area contributed by atoms with Gasteiger partial charge in [0, 0.05) is 28.8 Å². The molecule has 6 nitrogen and oxygen atoms in total. The maximum absolute atomic E-state index is 13.9. The van der Waals surface area contributed by atoms with Gasteiger partial charge in [-0.05, 0) is 72.3 Å². The van der Waals surface area contributed by atoms with Crippen molar-refractivity contribution >= 4 is 5.84 Å². The second kappa shape index (κ2) is 12.0. The third-order valence-electron chi connectivity index (χ3n) is 7.15. The van der Waals surface area contributed by atoms with E-state index >= 15 is 0 Å². The van der Waals surface area contributed by atoms with Gasteiger partial charge in [0.1, 0.15) is 23.2 Å². The zero-order valence-electron chi connectivity index (χ0n) is 23.9. The molecule has 0 bridgehead atoms. The summed E-state index contributed by atoms with van der Waals surface area (Å²) in [6, 6.07) is 21.6. The first kappa shape index (κ1) is 31.2. The number of benzene rings is 4. The van der Waals surface area contributed by atoms with Crippen molar-refractivity contribution in [2.45, 2.75) is 18.9 Å². The summed E-state index contributed by atoms with van der Waals surface area (Å²) in [4.78, 5) is 4.72. The van der Waals surface area contributed by atoms with Crippen molar-refractivity contribution in [1.82, 2.24) is 9.55 Å². The number of nitrogens with two attached hydrogens (primary N) is 1. The summed E-state index contributed by atoms with van der Waals surface area (Å²) < 4.78 is 95.6. The van der Waals surface area contributed by atoms with Crippen LogP contribution in [-0.4, -0.2) is 29.6 Å². The molecule has 0 aliphatic rings. The van der Waals surface area contributed by atoms with Crippen LogP contribution in [0, 0.1) is 5.41 Å². The molecule has 0 spiro atoms. The molecule has 3 N–H and O–H groups in total. The predicted molar refractivity (Wildman–Crippen MR) is 158 cm³/mol. The van der Waals surface area contributed by atoms with Crippen molar-refractivity contribution in [3.05, 3.63) is 113 Å². The van der Waals surface area contributed by atoms with Gasteiger partial charge >= 0.3 is 12.4 Å². The van der Waals surface area contributed by atoms with Gasteiger partial charge in [-0.2, -0.15) is 26.3 Å². The van der Waals surface area contributed by atoms with E-state index in [0.29, 0.717) is 57.3 Å². The molecule has 4 aromatic carbocycles. The summed E-state index contributed by atoms with van der Waals surface area (Å²) in [5.74, 6) is 0.819. The van der Waals surface area contributed by atoms with Crippen LogP contribution in [-0.2, 0) is 18.9 Å². The van der Waals surface area contributed by atoms with Gasteiger partial charge in [0.25, 0.3) is 0 Å². The van der Waals surface area contributed by atoms with Gasteiger partial charge in [0.15, 0.2) is 0 Å². The molecule has 0 radical (unpaired) electrons. The van der Waals surface area contributed by atoms with E-state index in [4.69, 9.17) is 25.6 Å². The number of nitrogens with one attached hydrogen (secondary N) is 1. The number of ether oxygens (including phenoxy) is 2. The Hall–Kier alpha value is -5.26. The number of aromatic nitrogens is 2. The summed E-state index contributed by atoms with van der Waals surface area (Å²) >= 11 is 0. The second-order valence-corrected chi connectivity index (χ2v) is 10.1. The first-order valence-electron chi connectivity index (χ1n) is 13.4. The molecule has 5 aromatic rings. The number of halogens is 6. The maximum atomic E-state index is 13.9. The van der Waals surface area contributed by atoms with E-state index in [1.54, 1.807) is 77.4 Å². The highest BCUT2D eigenvalue weighted by molar-refractivity contribution is 5.94. The average molecular weight is 625 g/mol. The number of amidine groups is 1. The first-order valence-corrected chi connectivity index (χ1v) is 13.4. The number of rotatable bonds is 8. The number of imidazole rings is 1. The third-order valence-corrected chi connectivity index (χ3v) is 7.15. The van der Waals surface area contributed by atoms with Gasteiger partial charge in [-0.3, -0.25) is 5.41 Å². The molecule has 0 fully saturated rings. The highest BCUT2D eigenvalue weighted by atomic mass is 19.4. The fraction of sp³-hybridized carbons (Fsp3) is 0.152. The summed E-state index contributed by atoms with van der Waals surface area (Å²) in [6.07, 6.45) is -10.1. The summed E-state index contributed by atoms with van der Waals surface area (Å²) in [6.45, 7) is 0.00956. The molecule has 0 unspecified atom stereocenters. The minimum absolute atomic E-state index is 0.00956. The smallest absolute Gasteiger partial charge is 0.416 e. The average Bonchev–Trinajstić information content (AvgIpc) is 3.39. The molecular formula is C33H26F6N4O2. The quantitative estimate of drug-likeness (QED) is 0.103. The zero-order valence-corrected chi connectivity index (χ0v) is 23.9. The molecule has 0 saturated carbocycles. The molecule has 0 saturated heterocycles. The number of hydrogen-bond acceptors (Lipinski definition) is 4. The number of hydrogen-bond donors (Lipinski definition) is 2. The minimum atomic E-state index is -5.05. The van der Waals surface area contributed by atoms with Crippen LogP contribution in [0.3, 0.4) is 0 Å². The largest absolute Gasteiger partial charge is 0.497 e. The maximum Gasteiger partial charge on any atom is 0.416 e. The molecule has 232 valence electrons. The first-order chi connectivity index (χ1) is 21.3. The van der Waals surface area contributed by atoms with Crippen molar-refractivity contribution in [1.29, 1.82) is 5.41 Å². The zero-order chi connectivity index (χ0) is 32.5. The fourth-order valence-corrected chi connectivity index (χ4v) is 4.88. The van der Waals surface area contributed by atoms with Gasteiger partial charge in [-0.25, -0.2) is 4.98 Å². The molecule has 0 atom stereocenters. The SMILES string of the molecule is COc1ccc(-c2nc(-c3cc(C(F)(F)F)cc(C(F)(F)F)c3)n(Cc3ccc(C(=N)N)cc3)c2-c2ccc(OC)cc2)cc1. The lowest BCUT2D eigenvalue weighted by Gasteiger charge is -2.17. The molecule has 1 aromatic heterocycles. The number of methoxy groups -OCH3 is 2. The Morgan fingerprint density at radius 3 is 1.64 bits per heavy atom. The van der Waals surface area contributed by atoms with E-state index < -0.39 is 23.5 Å². The molecule has 12 heteroatoms. The lowest BCUT2D eigenvalue weighted by atomic mass is 10.0. The van der Waals surface area contributed by atoms with Crippen molar-refractivity contribution in [2.24, 2.45) is 5.73 Å². The van der Waals surface area contributed by atoms with Crippen LogP contribution in [0.15, 0.2) is 91.0 Å². The van der Waals surface area contributed by atoms with Crippen LogP contribution in [0.1, 0.15) is 22.3 Å². The van der Waals surface area contributed by atoms with Gasteiger partial charge in [-0.15, -0.1) is 0 Å². The molecule has 45 heavy (non-hydrogen) atoms. The molecule has 0 aliphatic heterocycles. The number of nitrogens with zero attached hydrogens (tertiary/aromatic N) is 2. The molecule has 1 heterocycles. The lowest BCUT2D eigenvalue weighted by Crippen LogP contribution is -2.12. The van der Waals surface area contributed by atoms with E-state index in [2.05, 4.69) is 0 Å². The molecule has 0 aliphatic carbocycles. The van der Waals surface area contributed by atoms with E-state index in [0.717, 1.165) is 0 Å². The Bertz CT molecular complexity index is 1790. The van der Waals surface area contributed by atoms with Crippen LogP contribution < -0.4 is 15.2 Å². The Balaban J connectivity index is 1.84. The van der Waals surface area contributed by atoms with Gasteiger partial charge in [-0.1, -0.05) is 24.3 Å². The normalized spacial score (nSPS) is 11.8. The predicted octanol–water partition coefficient (Wildman–Crippen LogP) is 8.27. The number of nitrogen functional groups attached to an aromatic ring is 1. The van der Waals surface area contributed by atoms with Gasteiger partial charge < -0.3 is 19.8 Å². The Labute approximate surface area is 254 Å². The summed E-state index contributed by atoms with van der Waals surface area (Å²) in [5.41, 5.74) is 5.31. The monoisotopic (exact) mass is 624 g/mol. The Morgan fingerprint density at radius 2 is 1.20 bits per heavy atom. The van der Waals surface area contributed by atoms with E-state index in [1.807, 2.05) is 0 Å². The second-order valence-electron chi connectivity index (χ2n) is 10.1. The Kier molecular flexibility index (Phi) is 8.33. The van der Waals surface area contributed by atoms with Crippen LogP contribution in [0.25, 0.3) is 33.9 Å². The van der Waals surface area contributed by atoms with E-state index in [1.165, 1.54) is 14.2 Å². The van der Waals surface area contributed by atoms with E-state index in [9.17, 15) is 26.3 Å². The summed E-state index contributed by atoms with van der Waals surface area (Å²) in [5, 5.41) is 7.68. The van der Waals surface area contributed by atoms with Crippen molar-refractivity contribution in [3.8, 4) is 45.4 Å². The molecule has 5 rings (SSSR count). The highest BCUT2D eigenvalue weighted by Gasteiger charge is 2.37. The van der Waals surface area contributed by atoms with Gasteiger partial charge in [0.2, 0.25) is 0 Å². The minimum Gasteiger partial charge on any atom is -0.497 e. The van der Waals surface area contributed by atoms with Crippen LogP contribution >= 0.6 is 0 Å². The third kappa shape index (κ3) is 6.64. The summed E-state index contributed by atoms with van der Waals surface area (Å²) in [7, 11) is 2.99. The standard InChI is InChI=1S/C33H26F6N4O2/c1-44-26-11-7-20(8-12-26)28-29(21-9-13-27(45-2)14-10-21)43(18-19-3-5-22(6-4-19)30(40)41)31(42-28)23-15-24(32(34,35)36)17-25(16-23)33(37,38)39/h3-17H,18H2,1-2H3,(H3,40,41). The van der Waals surface area contributed by atoms with Gasteiger partial charge in [0.05, 0.1) is 36.7 Å². The fourth-order valence-electron chi connectivity index (χ4n) is 4.88. The van der Waals surface area contributed by atoms with Crippen LogP contribution in [0.5, 0.6) is 11.5 Å². The number of alkyl halides is 6. The van der Waals surface area contributed by atoms with Crippen molar-refractivity contribution in [3.63, 3.8) is 0 Å². The van der Waals surface area contributed by atoms with Crippen molar-refractivity contribution < 1.29 is 35.8 Å². The Morgan fingerprint density at radius 1 is 0.711 bits per heavy atom. The highest BCUT2D eigenvalue weighted by Crippen LogP contribution is 2.42. The van der Waals surface area contributed by atoms with Crippen LogP contribution in [0.2, 0.25) is 0 Å². The topological polar surface area (TPSA) is 86.2 Å². The van der Waals surface area contributed by atoms with Crippen molar-refractivity contribution in [2.75, 3.05) is 14.2 Å².